The van der Waals surface area contributed by atoms with Gasteiger partial charge in [-0.1, -0.05) is 37.3 Å². The number of hydrogen-bond donors (Lipinski definition) is 1. The van der Waals surface area contributed by atoms with Gasteiger partial charge in [0.15, 0.2) is 6.61 Å². The summed E-state index contributed by atoms with van der Waals surface area (Å²) in [7, 11) is 1.57. The topological polar surface area (TPSA) is 80.6 Å². The highest BCUT2D eigenvalue weighted by Gasteiger charge is 2.23. The number of hydrogen-bond acceptors (Lipinski definition) is 4. The number of aromatic nitrogens is 1. The number of nitrogens with one attached hydrogen (secondary N) is 1. The van der Waals surface area contributed by atoms with E-state index in [0.717, 1.165) is 23.6 Å². The lowest BCUT2D eigenvalue weighted by Crippen LogP contribution is -2.38. The summed E-state index contributed by atoms with van der Waals surface area (Å²) in [5, 5.41) is 4.69. The Labute approximate surface area is 186 Å². The molecule has 1 aromatic heterocycles. The van der Waals surface area contributed by atoms with Gasteiger partial charge in [-0.3, -0.25) is 14.4 Å². The van der Waals surface area contributed by atoms with E-state index in [0.29, 0.717) is 30.3 Å². The van der Waals surface area contributed by atoms with Crippen molar-refractivity contribution in [2.45, 2.75) is 19.8 Å². The SMILES string of the molecule is CC1CCN(C(=O)c2cc(NC(=O)COc3ccc4ccccc4c3)c(=O)n(C)c2)CC1. The lowest BCUT2D eigenvalue weighted by atomic mass is 9.99. The summed E-state index contributed by atoms with van der Waals surface area (Å²) < 4.78 is 6.92. The molecular weight excluding hydrogens is 406 g/mol. The minimum absolute atomic E-state index is 0.0656. The number of likely N-dealkylation sites (tertiary alicyclic amines) is 1. The quantitative estimate of drug-likeness (QED) is 0.669. The summed E-state index contributed by atoms with van der Waals surface area (Å²) in [6.45, 7) is 3.33. The second-order valence-corrected chi connectivity index (χ2v) is 8.38. The third-order valence-corrected chi connectivity index (χ3v) is 5.87. The van der Waals surface area contributed by atoms with Crippen LogP contribution in [0.3, 0.4) is 0 Å². The van der Waals surface area contributed by atoms with Crippen LogP contribution in [-0.4, -0.2) is 41.0 Å². The van der Waals surface area contributed by atoms with E-state index in [2.05, 4.69) is 12.2 Å². The molecule has 2 heterocycles. The highest BCUT2D eigenvalue weighted by Crippen LogP contribution is 2.21. The minimum atomic E-state index is -0.466. The number of aryl methyl sites for hydroxylation is 1. The van der Waals surface area contributed by atoms with Crippen molar-refractivity contribution in [3.8, 4) is 5.75 Å². The molecule has 0 spiro atoms. The third kappa shape index (κ3) is 4.82. The van der Waals surface area contributed by atoms with Crippen LogP contribution in [0.4, 0.5) is 5.69 Å². The monoisotopic (exact) mass is 433 g/mol. The first kappa shape index (κ1) is 21.6. The van der Waals surface area contributed by atoms with Gasteiger partial charge in [0.25, 0.3) is 17.4 Å². The van der Waals surface area contributed by atoms with Gasteiger partial charge >= 0.3 is 0 Å². The number of benzene rings is 2. The predicted molar refractivity (Wildman–Crippen MR) is 124 cm³/mol. The molecule has 1 N–H and O–H groups in total. The van der Waals surface area contributed by atoms with E-state index < -0.39 is 5.91 Å². The fourth-order valence-electron chi connectivity index (χ4n) is 3.90. The van der Waals surface area contributed by atoms with Crippen LogP contribution in [0.25, 0.3) is 10.8 Å². The zero-order chi connectivity index (χ0) is 22.7. The van der Waals surface area contributed by atoms with E-state index in [1.807, 2.05) is 36.4 Å². The van der Waals surface area contributed by atoms with Gasteiger partial charge < -0.3 is 19.5 Å². The van der Waals surface area contributed by atoms with E-state index in [1.165, 1.54) is 16.8 Å². The molecule has 1 aliphatic heterocycles. The number of piperidine rings is 1. The number of anilines is 1. The van der Waals surface area contributed by atoms with E-state index >= 15 is 0 Å². The van der Waals surface area contributed by atoms with Crippen molar-refractivity contribution in [3.05, 3.63) is 70.6 Å². The van der Waals surface area contributed by atoms with Crippen LogP contribution in [0.1, 0.15) is 30.1 Å². The van der Waals surface area contributed by atoms with Crippen molar-refractivity contribution in [1.82, 2.24) is 9.47 Å². The number of pyridine rings is 1. The van der Waals surface area contributed by atoms with Gasteiger partial charge in [-0.25, -0.2) is 0 Å². The second-order valence-electron chi connectivity index (χ2n) is 8.38. The van der Waals surface area contributed by atoms with Crippen molar-refractivity contribution in [3.63, 3.8) is 0 Å². The van der Waals surface area contributed by atoms with Crippen LogP contribution >= 0.6 is 0 Å². The maximum Gasteiger partial charge on any atom is 0.274 e. The molecule has 0 aliphatic carbocycles. The fraction of sp³-hybridized carbons (Fsp3) is 0.320. The zero-order valence-electron chi connectivity index (χ0n) is 18.3. The van der Waals surface area contributed by atoms with Crippen molar-refractivity contribution in [1.29, 1.82) is 0 Å². The van der Waals surface area contributed by atoms with Gasteiger partial charge in [0.2, 0.25) is 0 Å². The number of fused-ring (bicyclic) bond motifs is 1. The number of nitrogens with zero attached hydrogens (tertiary/aromatic N) is 2. The molecule has 0 radical (unpaired) electrons. The first-order valence-corrected chi connectivity index (χ1v) is 10.8. The molecule has 7 heteroatoms. The van der Waals surface area contributed by atoms with E-state index in [-0.39, 0.29) is 23.8 Å². The third-order valence-electron chi connectivity index (χ3n) is 5.87. The van der Waals surface area contributed by atoms with Crippen molar-refractivity contribution in [2.75, 3.05) is 25.0 Å². The number of carbonyl (C=O) groups excluding carboxylic acids is 2. The molecule has 3 aromatic rings. The predicted octanol–water partition coefficient (Wildman–Crippen LogP) is 3.43. The molecule has 166 valence electrons. The molecule has 0 saturated carbocycles. The summed E-state index contributed by atoms with van der Waals surface area (Å²) in [5.74, 6) is 0.578. The number of ether oxygens (including phenoxy) is 1. The molecular formula is C25H27N3O4. The first-order valence-electron chi connectivity index (χ1n) is 10.8. The summed E-state index contributed by atoms with van der Waals surface area (Å²) in [6, 6.07) is 14.9. The Morgan fingerprint density at radius 2 is 1.78 bits per heavy atom. The average Bonchev–Trinajstić information content (AvgIpc) is 2.80. The molecule has 2 amide bonds. The molecule has 2 aromatic carbocycles. The lowest BCUT2D eigenvalue weighted by molar-refractivity contribution is -0.118. The van der Waals surface area contributed by atoms with Gasteiger partial charge in [-0.2, -0.15) is 0 Å². The Bertz CT molecular complexity index is 1210. The summed E-state index contributed by atoms with van der Waals surface area (Å²) in [6.07, 6.45) is 3.45. The van der Waals surface area contributed by atoms with Crippen LogP contribution in [0.5, 0.6) is 5.75 Å². The largest absolute Gasteiger partial charge is 0.484 e. The van der Waals surface area contributed by atoms with Crippen LogP contribution in [0.15, 0.2) is 59.5 Å². The Kier molecular flexibility index (Phi) is 6.25. The smallest absolute Gasteiger partial charge is 0.274 e. The van der Waals surface area contributed by atoms with Crippen LogP contribution < -0.4 is 15.6 Å². The fourth-order valence-corrected chi connectivity index (χ4v) is 3.90. The maximum atomic E-state index is 12.9. The van der Waals surface area contributed by atoms with E-state index in [4.69, 9.17) is 4.74 Å². The minimum Gasteiger partial charge on any atom is -0.484 e. The van der Waals surface area contributed by atoms with E-state index in [1.54, 1.807) is 18.0 Å². The van der Waals surface area contributed by atoms with E-state index in [9.17, 15) is 14.4 Å². The molecule has 4 rings (SSSR count). The first-order chi connectivity index (χ1) is 15.4. The van der Waals surface area contributed by atoms with Crippen molar-refractivity contribution < 1.29 is 14.3 Å². The molecule has 32 heavy (non-hydrogen) atoms. The molecule has 0 unspecified atom stereocenters. The zero-order valence-corrected chi connectivity index (χ0v) is 18.3. The molecule has 1 saturated heterocycles. The van der Waals surface area contributed by atoms with Gasteiger partial charge in [0.05, 0.1) is 5.56 Å². The molecule has 7 nitrogen and oxygen atoms in total. The number of amides is 2. The molecule has 0 bridgehead atoms. The van der Waals surface area contributed by atoms with Crippen LogP contribution in [0.2, 0.25) is 0 Å². The second kappa shape index (κ2) is 9.26. The van der Waals surface area contributed by atoms with Gasteiger partial charge in [-0.05, 0) is 47.7 Å². The molecule has 1 fully saturated rings. The summed E-state index contributed by atoms with van der Waals surface area (Å²) in [5.41, 5.74) is 0.0658. The Morgan fingerprint density at radius 1 is 1.06 bits per heavy atom. The van der Waals surface area contributed by atoms with Gasteiger partial charge in [0.1, 0.15) is 11.4 Å². The van der Waals surface area contributed by atoms with Crippen LogP contribution in [-0.2, 0) is 11.8 Å². The lowest BCUT2D eigenvalue weighted by Gasteiger charge is -2.30. The maximum absolute atomic E-state index is 12.9. The average molecular weight is 434 g/mol. The Hall–Kier alpha value is -3.61. The van der Waals surface area contributed by atoms with Crippen molar-refractivity contribution in [2.24, 2.45) is 13.0 Å². The summed E-state index contributed by atoms with van der Waals surface area (Å²) >= 11 is 0. The molecule has 0 atom stereocenters. The van der Waals surface area contributed by atoms with Gasteiger partial charge in [-0.15, -0.1) is 0 Å². The standard InChI is InChI=1S/C25H27N3O4/c1-17-9-11-28(12-10-17)24(30)20-14-22(25(31)27(2)15-20)26-23(29)16-32-21-8-7-18-5-3-4-6-19(18)13-21/h3-8,13-15,17H,9-12,16H2,1-2H3,(H,26,29). The number of carbonyl (C=O) groups is 2. The Morgan fingerprint density at radius 3 is 2.53 bits per heavy atom. The normalized spacial score (nSPS) is 14.4. The number of rotatable bonds is 5. The van der Waals surface area contributed by atoms with Crippen LogP contribution in [0, 0.1) is 5.92 Å². The summed E-state index contributed by atoms with van der Waals surface area (Å²) in [4.78, 5) is 39.7. The van der Waals surface area contributed by atoms with Crippen molar-refractivity contribution >= 4 is 28.3 Å². The highest BCUT2D eigenvalue weighted by molar-refractivity contribution is 5.97. The highest BCUT2D eigenvalue weighted by atomic mass is 16.5. The van der Waals surface area contributed by atoms with Gasteiger partial charge in [0, 0.05) is 26.3 Å². The molecule has 1 aliphatic rings. The Balaban J connectivity index is 1.43.